The number of fused-ring (bicyclic) bond motifs is 2. The summed E-state index contributed by atoms with van der Waals surface area (Å²) in [5, 5.41) is 0.541. The van der Waals surface area contributed by atoms with Crippen molar-refractivity contribution in [2.24, 2.45) is 11.8 Å². The Kier molecular flexibility index (Phi) is 8.48. The number of rotatable bonds is 8. The lowest BCUT2D eigenvalue weighted by atomic mass is 9.72. The molecule has 0 N–H and O–H groups in total. The minimum absolute atomic E-state index is 0.0234. The molecule has 0 spiro atoms. The molecule has 7 nitrogen and oxygen atoms in total. The number of hydrogen-bond donors (Lipinski definition) is 0. The van der Waals surface area contributed by atoms with Crippen LogP contribution in [0.3, 0.4) is 0 Å². The predicted molar refractivity (Wildman–Crippen MR) is 146 cm³/mol. The van der Waals surface area contributed by atoms with E-state index in [2.05, 4.69) is 15.9 Å². The highest BCUT2D eigenvalue weighted by molar-refractivity contribution is 9.09. The van der Waals surface area contributed by atoms with Crippen LogP contribution in [0.5, 0.6) is 5.75 Å². The van der Waals surface area contributed by atoms with Crippen LogP contribution >= 0.6 is 27.5 Å². The Morgan fingerprint density at radius 1 is 1.11 bits per heavy atom. The van der Waals surface area contributed by atoms with Crippen molar-refractivity contribution in [2.75, 3.05) is 13.2 Å². The van der Waals surface area contributed by atoms with Crippen LogP contribution in [0.1, 0.15) is 63.1 Å². The van der Waals surface area contributed by atoms with Gasteiger partial charge < -0.3 is 23.7 Å². The molecule has 2 heterocycles. The van der Waals surface area contributed by atoms with Crippen LogP contribution in [-0.4, -0.2) is 43.0 Å². The summed E-state index contributed by atoms with van der Waals surface area (Å²) in [5.41, 5.74) is 1.60. The second kappa shape index (κ2) is 11.2. The molecule has 38 heavy (non-hydrogen) atoms. The molecule has 0 amide bonds. The maximum atomic E-state index is 12.3. The number of hydrogen-bond acceptors (Lipinski definition) is 7. The summed E-state index contributed by atoms with van der Waals surface area (Å²) in [6.07, 6.45) is -1.80. The lowest BCUT2D eigenvalue weighted by molar-refractivity contribution is -0.324. The third-order valence-electron chi connectivity index (χ3n) is 7.52. The second-order valence-corrected chi connectivity index (χ2v) is 11.5. The first kappa shape index (κ1) is 28.9. The Morgan fingerprint density at radius 2 is 1.76 bits per heavy atom. The summed E-state index contributed by atoms with van der Waals surface area (Å²) in [6, 6.07) is 13.2. The van der Waals surface area contributed by atoms with E-state index in [4.69, 9.17) is 35.3 Å². The summed E-state index contributed by atoms with van der Waals surface area (Å²) in [6.45, 7) is 11.5. The van der Waals surface area contributed by atoms with E-state index < -0.39 is 35.5 Å². The first-order valence-electron chi connectivity index (χ1n) is 12.8. The van der Waals surface area contributed by atoms with Gasteiger partial charge in [0.25, 0.3) is 0 Å². The maximum Gasteiger partial charge on any atom is 0.303 e. The molecule has 0 saturated carbocycles. The van der Waals surface area contributed by atoms with Crippen molar-refractivity contribution in [1.29, 1.82) is 0 Å². The third-order valence-corrected chi connectivity index (χ3v) is 8.88. The molecule has 6 atom stereocenters. The van der Waals surface area contributed by atoms with E-state index in [9.17, 15) is 9.59 Å². The van der Waals surface area contributed by atoms with Gasteiger partial charge in [0.1, 0.15) is 17.5 Å². The Labute approximate surface area is 237 Å². The second-order valence-electron chi connectivity index (χ2n) is 10.2. The van der Waals surface area contributed by atoms with Crippen molar-refractivity contribution in [2.45, 2.75) is 70.0 Å². The molecule has 0 aromatic heterocycles. The Morgan fingerprint density at radius 3 is 2.34 bits per heavy atom. The van der Waals surface area contributed by atoms with Gasteiger partial charge in [0, 0.05) is 30.4 Å². The number of alkyl halides is 1. The van der Waals surface area contributed by atoms with Crippen LogP contribution in [0.2, 0.25) is 5.02 Å². The summed E-state index contributed by atoms with van der Waals surface area (Å²) in [7, 11) is 0. The predicted octanol–water partition coefficient (Wildman–Crippen LogP) is 6.33. The molecule has 2 bridgehead atoms. The summed E-state index contributed by atoms with van der Waals surface area (Å²) in [5.74, 6) is -1.99. The highest BCUT2D eigenvalue weighted by atomic mass is 79.9. The molecule has 9 heteroatoms. The van der Waals surface area contributed by atoms with Crippen LogP contribution in [-0.2, 0) is 34.3 Å². The molecule has 2 aromatic carbocycles. The van der Waals surface area contributed by atoms with E-state index in [0.717, 1.165) is 16.9 Å². The van der Waals surface area contributed by atoms with E-state index in [0.29, 0.717) is 17.2 Å². The quantitative estimate of drug-likeness (QED) is 0.256. The van der Waals surface area contributed by atoms with Crippen molar-refractivity contribution >= 4 is 39.5 Å². The van der Waals surface area contributed by atoms with Crippen molar-refractivity contribution in [3.8, 4) is 5.75 Å². The monoisotopic (exact) mass is 608 g/mol. The highest BCUT2D eigenvalue weighted by Crippen LogP contribution is 2.56. The van der Waals surface area contributed by atoms with Crippen LogP contribution in [0.25, 0.3) is 0 Å². The molecule has 0 aliphatic carbocycles. The fraction of sp³-hybridized carbons (Fsp3) is 0.517. The number of carbonyl (C=O) groups excluding carboxylic acids is 2. The summed E-state index contributed by atoms with van der Waals surface area (Å²) in [4.78, 5) is 24.2. The number of ether oxygens (including phenoxy) is 5. The van der Waals surface area contributed by atoms with E-state index >= 15 is 0 Å². The first-order valence-corrected chi connectivity index (χ1v) is 14.1. The molecule has 1 unspecified atom stereocenters. The van der Waals surface area contributed by atoms with Crippen LogP contribution in [0.15, 0.2) is 42.5 Å². The standard InChI is InChI=1S/C29H34BrClO7/c1-7-34-22-11-8-20(9-12-22)25(30)23-14-21(10-13-24(23)31)29-27(37-19(6)33)26(36-18(5)32)17(4)28(38-29,15-35-29)16(2)3/h8-14,16-17,25-27H,7,15H2,1-6H3/t17-,25?,26-,27+,28+,29-/m0/s1. The average Bonchev–Trinajstić information content (AvgIpc) is 3.25. The topological polar surface area (TPSA) is 80.3 Å². The van der Waals surface area contributed by atoms with Crippen LogP contribution in [0.4, 0.5) is 0 Å². The smallest absolute Gasteiger partial charge is 0.303 e. The van der Waals surface area contributed by atoms with Crippen molar-refractivity contribution < 1.29 is 33.3 Å². The van der Waals surface area contributed by atoms with Gasteiger partial charge in [-0.05, 0) is 48.2 Å². The lowest BCUT2D eigenvalue weighted by Crippen LogP contribution is -2.64. The lowest BCUT2D eigenvalue weighted by Gasteiger charge is -2.51. The molecule has 2 fully saturated rings. The van der Waals surface area contributed by atoms with Crippen molar-refractivity contribution in [1.82, 2.24) is 0 Å². The molecule has 2 aromatic rings. The Balaban J connectivity index is 1.82. The molecular weight excluding hydrogens is 576 g/mol. The zero-order valence-electron chi connectivity index (χ0n) is 22.5. The zero-order chi connectivity index (χ0) is 27.8. The zero-order valence-corrected chi connectivity index (χ0v) is 24.8. The molecular formula is C29H34BrClO7. The van der Waals surface area contributed by atoms with Gasteiger partial charge >= 0.3 is 11.9 Å². The van der Waals surface area contributed by atoms with Gasteiger partial charge in [0.15, 0.2) is 6.10 Å². The third kappa shape index (κ3) is 5.08. The normalized spacial score (nSPS) is 29.1. The number of halogens is 2. The Hall–Kier alpha value is -2.13. The van der Waals surface area contributed by atoms with Gasteiger partial charge in [-0.2, -0.15) is 0 Å². The molecule has 2 saturated heterocycles. The van der Waals surface area contributed by atoms with Gasteiger partial charge in [-0.1, -0.05) is 66.5 Å². The van der Waals surface area contributed by atoms with Gasteiger partial charge in [0.2, 0.25) is 5.79 Å². The van der Waals surface area contributed by atoms with Gasteiger partial charge in [-0.15, -0.1) is 0 Å². The fourth-order valence-corrected chi connectivity index (χ4v) is 6.55. The molecule has 206 valence electrons. The van der Waals surface area contributed by atoms with Gasteiger partial charge in [-0.25, -0.2) is 0 Å². The minimum atomic E-state index is -1.49. The molecule has 2 aliphatic heterocycles. The number of esters is 2. The highest BCUT2D eigenvalue weighted by Gasteiger charge is 2.69. The number of carbonyl (C=O) groups is 2. The summed E-state index contributed by atoms with van der Waals surface area (Å²) < 4.78 is 30.5. The fourth-order valence-electron chi connectivity index (χ4n) is 5.51. The largest absolute Gasteiger partial charge is 0.494 e. The van der Waals surface area contributed by atoms with Crippen molar-refractivity contribution in [3.63, 3.8) is 0 Å². The van der Waals surface area contributed by atoms with Crippen LogP contribution < -0.4 is 4.74 Å². The van der Waals surface area contributed by atoms with Crippen LogP contribution in [0, 0.1) is 11.8 Å². The minimum Gasteiger partial charge on any atom is -0.494 e. The first-order chi connectivity index (χ1) is 17.9. The summed E-state index contributed by atoms with van der Waals surface area (Å²) >= 11 is 10.5. The van der Waals surface area contributed by atoms with Gasteiger partial charge in [-0.3, -0.25) is 9.59 Å². The SMILES string of the molecule is CCOc1ccc(C(Br)c2cc([C@]34OC[C@](C(C)C)(O3)[C@@H](C)[C@H](OC(C)=O)[C@H]4OC(C)=O)ccc2Cl)cc1. The van der Waals surface area contributed by atoms with E-state index in [1.165, 1.54) is 13.8 Å². The molecule has 0 radical (unpaired) electrons. The molecule has 2 aliphatic rings. The van der Waals surface area contributed by atoms with E-state index in [1.807, 2.05) is 58.0 Å². The maximum absolute atomic E-state index is 12.3. The average molecular weight is 610 g/mol. The van der Waals surface area contributed by atoms with Crippen molar-refractivity contribution in [3.05, 3.63) is 64.2 Å². The van der Waals surface area contributed by atoms with Gasteiger partial charge in [0.05, 0.1) is 18.0 Å². The van der Waals surface area contributed by atoms with E-state index in [1.54, 1.807) is 12.1 Å². The van der Waals surface area contributed by atoms with E-state index in [-0.39, 0.29) is 23.3 Å². The molecule has 4 rings (SSSR count). The Bertz CT molecular complexity index is 1190. The number of benzene rings is 2.